The maximum Gasteiger partial charge on any atom is 0.328 e. The highest BCUT2D eigenvalue weighted by atomic mass is 19.1. The van der Waals surface area contributed by atoms with E-state index in [-0.39, 0.29) is 34.6 Å². The van der Waals surface area contributed by atoms with Crippen LogP contribution >= 0.6 is 0 Å². The van der Waals surface area contributed by atoms with Crippen LogP contribution < -0.4 is 15.0 Å². The number of amides is 1. The van der Waals surface area contributed by atoms with Gasteiger partial charge in [0.2, 0.25) is 0 Å². The second kappa shape index (κ2) is 18.5. The first-order valence-electron chi connectivity index (χ1n) is 16.6. The van der Waals surface area contributed by atoms with Crippen LogP contribution in [0.2, 0.25) is 0 Å². The standard InChI is InChI=1S/C30H46FN7O3.C4H4O4/c1-7-38(22(4)5)29(39)24-16-23(31)8-9-26(24)41-28-27(33-20-34-35-28)36-14-11-30(17-36)18-37(19-30)25(21(2)3)10-12-32-13-15-40-6;5-3(6)1-2-4(7)8/h8-9,16,20-22,25,32H,7,10-15,17-19H2,1-6H3;1-2H,(H,5,6)(H,7,8)/b;2-1+/t25-;/m1./s1. The van der Waals surface area contributed by atoms with Gasteiger partial charge >= 0.3 is 11.9 Å². The smallest absolute Gasteiger partial charge is 0.328 e. The molecule has 1 amide bonds. The molecule has 2 aromatic rings. The second-order valence-electron chi connectivity index (χ2n) is 12.9. The molecule has 3 N–H and O–H groups in total. The number of methoxy groups -OCH3 is 1. The molecule has 0 radical (unpaired) electrons. The van der Waals surface area contributed by atoms with E-state index >= 15 is 0 Å². The number of likely N-dealkylation sites (tertiary alicyclic amines) is 1. The Morgan fingerprint density at radius 2 is 1.80 bits per heavy atom. The molecular weight excluding hydrogens is 637 g/mol. The van der Waals surface area contributed by atoms with Gasteiger partial charge in [0.25, 0.3) is 11.8 Å². The topological polar surface area (TPSA) is 171 Å². The number of nitrogens with zero attached hydrogens (tertiary/aromatic N) is 6. The molecule has 0 bridgehead atoms. The molecule has 2 aliphatic heterocycles. The molecule has 1 aromatic carbocycles. The molecule has 1 spiro atoms. The Morgan fingerprint density at radius 3 is 2.39 bits per heavy atom. The number of hydrogen-bond acceptors (Lipinski definition) is 11. The molecule has 15 heteroatoms. The van der Waals surface area contributed by atoms with Crippen LogP contribution in [-0.4, -0.2) is 125 Å². The molecule has 2 saturated heterocycles. The quantitative estimate of drug-likeness (QED) is 0.173. The zero-order valence-electron chi connectivity index (χ0n) is 29.3. The second-order valence-corrected chi connectivity index (χ2v) is 12.9. The van der Waals surface area contributed by atoms with Crippen molar-refractivity contribution < 1.29 is 38.5 Å². The number of carboxylic acids is 2. The summed E-state index contributed by atoms with van der Waals surface area (Å²) >= 11 is 0. The number of rotatable bonds is 16. The number of carbonyl (C=O) groups is 3. The number of anilines is 1. The Labute approximate surface area is 287 Å². The van der Waals surface area contributed by atoms with Crippen LogP contribution in [0.5, 0.6) is 11.6 Å². The highest BCUT2D eigenvalue weighted by Gasteiger charge is 2.50. The molecule has 14 nitrogen and oxygen atoms in total. The first-order chi connectivity index (χ1) is 23.3. The van der Waals surface area contributed by atoms with Crippen molar-refractivity contribution in [3.05, 3.63) is 48.1 Å². The van der Waals surface area contributed by atoms with Gasteiger partial charge in [0, 0.05) is 76.0 Å². The number of benzene rings is 1. The predicted octanol–water partition coefficient (Wildman–Crippen LogP) is 3.55. The highest BCUT2D eigenvalue weighted by Crippen LogP contribution is 2.44. The number of aromatic nitrogens is 3. The van der Waals surface area contributed by atoms with E-state index in [4.69, 9.17) is 19.7 Å². The van der Waals surface area contributed by atoms with Crippen molar-refractivity contribution in [2.24, 2.45) is 11.3 Å². The van der Waals surface area contributed by atoms with E-state index < -0.39 is 17.8 Å². The lowest BCUT2D eigenvalue weighted by atomic mass is 9.76. The zero-order chi connectivity index (χ0) is 36.1. The lowest BCUT2D eigenvalue weighted by Crippen LogP contribution is -2.62. The molecule has 1 aromatic heterocycles. The average Bonchev–Trinajstić information content (AvgIpc) is 3.48. The monoisotopic (exact) mass is 687 g/mol. The number of hydrogen-bond donors (Lipinski definition) is 3. The Bertz CT molecular complexity index is 1420. The average molecular weight is 688 g/mol. The normalized spacial score (nSPS) is 16.1. The Hall–Kier alpha value is -4.21. The number of aliphatic carboxylic acids is 2. The van der Waals surface area contributed by atoms with Crippen LogP contribution in [0.3, 0.4) is 0 Å². The minimum Gasteiger partial charge on any atom is -0.478 e. The third-order valence-electron chi connectivity index (χ3n) is 8.70. The maximum atomic E-state index is 14.2. The third-order valence-corrected chi connectivity index (χ3v) is 8.70. The van der Waals surface area contributed by atoms with E-state index in [2.05, 4.69) is 44.1 Å². The molecule has 2 aliphatic rings. The summed E-state index contributed by atoms with van der Waals surface area (Å²) < 4.78 is 25.5. The summed E-state index contributed by atoms with van der Waals surface area (Å²) in [5.74, 6) is -1.68. The Balaban J connectivity index is 0.000000723. The third kappa shape index (κ3) is 11.2. The lowest BCUT2D eigenvalue weighted by Gasteiger charge is -2.53. The number of nitrogens with one attached hydrogen (secondary N) is 1. The van der Waals surface area contributed by atoms with E-state index in [9.17, 15) is 18.8 Å². The van der Waals surface area contributed by atoms with E-state index in [0.29, 0.717) is 36.5 Å². The molecule has 0 aliphatic carbocycles. The van der Waals surface area contributed by atoms with E-state index in [0.717, 1.165) is 58.7 Å². The number of ether oxygens (including phenoxy) is 2. The van der Waals surface area contributed by atoms with Crippen LogP contribution in [-0.2, 0) is 14.3 Å². The van der Waals surface area contributed by atoms with Gasteiger partial charge in [-0.1, -0.05) is 13.8 Å². The minimum absolute atomic E-state index is 0.0394. The van der Waals surface area contributed by atoms with Crippen molar-refractivity contribution in [1.29, 1.82) is 0 Å². The van der Waals surface area contributed by atoms with Crippen molar-refractivity contribution in [3.8, 4) is 11.6 Å². The highest BCUT2D eigenvalue weighted by molar-refractivity contribution is 5.97. The first-order valence-corrected chi connectivity index (χ1v) is 16.6. The summed E-state index contributed by atoms with van der Waals surface area (Å²) in [6.07, 6.45) is 4.70. The first kappa shape index (κ1) is 39.2. The Morgan fingerprint density at radius 1 is 1.10 bits per heavy atom. The minimum atomic E-state index is -1.26. The molecular formula is C34H50FN7O7. The largest absolute Gasteiger partial charge is 0.478 e. The molecule has 1 atom stereocenters. The van der Waals surface area contributed by atoms with Crippen molar-refractivity contribution in [2.75, 3.05) is 64.4 Å². The van der Waals surface area contributed by atoms with Gasteiger partial charge in [-0.05, 0) is 64.3 Å². The number of halogens is 1. The van der Waals surface area contributed by atoms with Gasteiger partial charge < -0.3 is 34.8 Å². The SMILES string of the molecule is CCN(C(=O)c1cc(F)ccc1Oc1nncnc1N1CCC2(C1)CN([C@H](CCNCCOC)C(C)C)C2)C(C)C.O=C(O)/C=C/C(=O)O. The van der Waals surface area contributed by atoms with E-state index in [1.807, 2.05) is 20.8 Å². The van der Waals surface area contributed by atoms with Gasteiger partial charge in [-0.3, -0.25) is 9.69 Å². The molecule has 3 heterocycles. The van der Waals surface area contributed by atoms with Crippen molar-refractivity contribution in [1.82, 2.24) is 30.3 Å². The summed E-state index contributed by atoms with van der Waals surface area (Å²) in [5.41, 5.74) is 0.357. The van der Waals surface area contributed by atoms with Gasteiger partial charge in [-0.15, -0.1) is 10.2 Å². The van der Waals surface area contributed by atoms with E-state index in [1.165, 1.54) is 24.5 Å². The molecule has 0 unspecified atom stereocenters. The molecule has 49 heavy (non-hydrogen) atoms. The van der Waals surface area contributed by atoms with Crippen LogP contribution in [0.4, 0.5) is 10.2 Å². The maximum absolute atomic E-state index is 14.2. The summed E-state index contributed by atoms with van der Waals surface area (Å²) in [6, 6.07) is 4.47. The zero-order valence-corrected chi connectivity index (χ0v) is 29.3. The predicted molar refractivity (Wildman–Crippen MR) is 181 cm³/mol. The van der Waals surface area contributed by atoms with Gasteiger partial charge in [0.05, 0.1) is 12.2 Å². The summed E-state index contributed by atoms with van der Waals surface area (Å²) in [4.78, 5) is 43.4. The van der Waals surface area contributed by atoms with Crippen molar-refractivity contribution >= 4 is 23.7 Å². The van der Waals surface area contributed by atoms with E-state index in [1.54, 1.807) is 12.0 Å². The molecule has 270 valence electrons. The summed E-state index contributed by atoms with van der Waals surface area (Å²) in [5, 5.41) is 27.3. The van der Waals surface area contributed by atoms with Crippen molar-refractivity contribution in [2.45, 2.75) is 59.5 Å². The van der Waals surface area contributed by atoms with Crippen LogP contribution in [0, 0.1) is 17.2 Å². The summed E-state index contributed by atoms with van der Waals surface area (Å²) in [7, 11) is 1.73. The molecule has 2 fully saturated rings. The lowest BCUT2D eigenvalue weighted by molar-refractivity contribution is -0.134. The number of carbonyl (C=O) groups excluding carboxylic acids is 1. The fourth-order valence-electron chi connectivity index (χ4n) is 6.36. The van der Waals surface area contributed by atoms with Gasteiger partial charge in [0.15, 0.2) is 5.82 Å². The Kier molecular flexibility index (Phi) is 14.8. The van der Waals surface area contributed by atoms with Crippen LogP contribution in [0.1, 0.15) is 57.8 Å². The van der Waals surface area contributed by atoms with Crippen LogP contribution in [0.15, 0.2) is 36.7 Å². The van der Waals surface area contributed by atoms with Gasteiger partial charge in [-0.25, -0.2) is 19.0 Å². The molecule has 4 rings (SSSR count). The van der Waals surface area contributed by atoms with Crippen LogP contribution in [0.25, 0.3) is 0 Å². The fraction of sp³-hybridized carbons (Fsp3) is 0.588. The summed E-state index contributed by atoms with van der Waals surface area (Å²) in [6.45, 7) is 17.2. The fourth-order valence-corrected chi connectivity index (χ4v) is 6.36. The van der Waals surface area contributed by atoms with Crippen molar-refractivity contribution in [3.63, 3.8) is 0 Å². The van der Waals surface area contributed by atoms with Gasteiger partial charge in [-0.2, -0.15) is 0 Å². The number of carboxylic acid groups (broad SMARTS) is 2. The van der Waals surface area contributed by atoms with Gasteiger partial charge in [0.1, 0.15) is 17.9 Å². The molecule has 0 saturated carbocycles.